The Labute approximate surface area is 127 Å². The predicted molar refractivity (Wildman–Crippen MR) is 86.8 cm³/mol. The van der Waals surface area contributed by atoms with Crippen molar-refractivity contribution in [1.29, 1.82) is 0 Å². The maximum atomic E-state index is 12.2. The van der Waals surface area contributed by atoms with Crippen LogP contribution in [0, 0.1) is 0 Å². The molecule has 0 spiro atoms. The predicted octanol–water partition coefficient (Wildman–Crippen LogP) is 3.34. The Morgan fingerprint density at radius 1 is 0.950 bits per heavy atom. The average Bonchev–Trinajstić information content (AvgIpc) is 2.80. The first-order valence-corrected chi connectivity index (χ1v) is 7.66. The number of carbonyl (C=O) groups excluding carboxylic acids is 1. The Morgan fingerprint density at radius 2 is 1.45 bits per heavy atom. The molecule has 100 valence electrons. The van der Waals surface area contributed by atoms with E-state index in [1.54, 1.807) is 0 Å². The Bertz CT molecular complexity index is 588. The highest BCUT2D eigenvalue weighted by molar-refractivity contribution is 8.24. The van der Waals surface area contributed by atoms with Crippen molar-refractivity contribution >= 4 is 34.2 Å². The summed E-state index contributed by atoms with van der Waals surface area (Å²) >= 11 is 6.57. The summed E-state index contributed by atoms with van der Waals surface area (Å²) < 4.78 is 0.567. The topological polar surface area (TPSA) is 29.1 Å². The van der Waals surface area contributed by atoms with E-state index >= 15 is 0 Å². The fraction of sp³-hybridized carbons (Fsp3) is 0.125. The second-order valence-corrected chi connectivity index (χ2v) is 6.43. The molecule has 2 aromatic rings. The lowest BCUT2D eigenvalue weighted by Gasteiger charge is -2.21. The van der Waals surface area contributed by atoms with Crippen molar-refractivity contribution in [1.82, 2.24) is 5.32 Å². The Hall–Kier alpha value is -1.65. The van der Waals surface area contributed by atoms with Gasteiger partial charge < -0.3 is 5.32 Å². The standard InChI is InChI=1S/C16H13NOS2/c18-15-14(20-16(19)17-15)13(11-7-3-1-4-8-11)12-9-5-2-6-10-12/h1-10,13-14H,(H,17,18,19). The Kier molecular flexibility index (Phi) is 3.85. The lowest BCUT2D eigenvalue weighted by atomic mass is 9.88. The summed E-state index contributed by atoms with van der Waals surface area (Å²) in [6, 6.07) is 20.2. The number of hydrogen-bond acceptors (Lipinski definition) is 3. The van der Waals surface area contributed by atoms with Crippen LogP contribution in [0.2, 0.25) is 0 Å². The van der Waals surface area contributed by atoms with Crippen LogP contribution in [0.5, 0.6) is 0 Å². The van der Waals surface area contributed by atoms with E-state index in [9.17, 15) is 4.79 Å². The van der Waals surface area contributed by atoms with Crippen molar-refractivity contribution in [2.75, 3.05) is 0 Å². The molecule has 4 heteroatoms. The van der Waals surface area contributed by atoms with Crippen LogP contribution in [-0.4, -0.2) is 15.5 Å². The molecule has 1 aliphatic heterocycles. The summed E-state index contributed by atoms with van der Waals surface area (Å²) in [5, 5.41) is 2.54. The van der Waals surface area contributed by atoms with Crippen molar-refractivity contribution in [2.45, 2.75) is 11.2 Å². The van der Waals surface area contributed by atoms with Gasteiger partial charge >= 0.3 is 0 Å². The molecule has 3 rings (SSSR count). The molecule has 0 saturated carbocycles. The number of carbonyl (C=O) groups is 1. The average molecular weight is 299 g/mol. The maximum Gasteiger partial charge on any atom is 0.239 e. The molecule has 2 nitrogen and oxygen atoms in total. The number of thioether (sulfide) groups is 1. The van der Waals surface area contributed by atoms with E-state index in [4.69, 9.17) is 12.2 Å². The van der Waals surface area contributed by atoms with Gasteiger partial charge in [-0.15, -0.1) is 0 Å². The van der Waals surface area contributed by atoms with Gasteiger partial charge in [0.25, 0.3) is 0 Å². The van der Waals surface area contributed by atoms with E-state index in [1.807, 2.05) is 36.4 Å². The molecule has 1 aliphatic rings. The van der Waals surface area contributed by atoms with Gasteiger partial charge in [0.15, 0.2) is 0 Å². The SMILES string of the molecule is O=C1NC(=S)SC1C(c1ccccc1)c1ccccc1. The highest BCUT2D eigenvalue weighted by Gasteiger charge is 2.37. The van der Waals surface area contributed by atoms with Gasteiger partial charge in [0.1, 0.15) is 9.57 Å². The van der Waals surface area contributed by atoms with Gasteiger partial charge in [0.2, 0.25) is 5.91 Å². The molecule has 0 aliphatic carbocycles. The molecule has 1 amide bonds. The number of thiocarbonyl (C=S) groups is 1. The van der Waals surface area contributed by atoms with Crippen LogP contribution in [0.15, 0.2) is 60.7 Å². The number of nitrogens with one attached hydrogen (secondary N) is 1. The van der Waals surface area contributed by atoms with Gasteiger partial charge in [-0.1, -0.05) is 84.6 Å². The zero-order chi connectivity index (χ0) is 13.9. The monoisotopic (exact) mass is 299 g/mol. The van der Waals surface area contributed by atoms with Crippen molar-refractivity contribution in [3.63, 3.8) is 0 Å². The molecule has 0 bridgehead atoms. The molecule has 1 fully saturated rings. The lowest BCUT2D eigenvalue weighted by Crippen LogP contribution is -2.29. The van der Waals surface area contributed by atoms with E-state index in [2.05, 4.69) is 29.6 Å². The van der Waals surface area contributed by atoms with Crippen LogP contribution in [0.1, 0.15) is 17.0 Å². The van der Waals surface area contributed by atoms with Gasteiger partial charge in [0.05, 0.1) is 0 Å². The van der Waals surface area contributed by atoms with Crippen molar-refractivity contribution in [2.24, 2.45) is 0 Å². The maximum absolute atomic E-state index is 12.2. The number of rotatable bonds is 3. The van der Waals surface area contributed by atoms with E-state index in [0.717, 1.165) is 11.1 Å². The minimum absolute atomic E-state index is 0.00212. The van der Waals surface area contributed by atoms with Crippen molar-refractivity contribution < 1.29 is 4.79 Å². The Balaban J connectivity index is 2.05. The third kappa shape index (κ3) is 2.62. The van der Waals surface area contributed by atoms with Crippen molar-refractivity contribution in [3.05, 3.63) is 71.8 Å². The van der Waals surface area contributed by atoms with Gasteiger partial charge in [-0.25, -0.2) is 0 Å². The smallest absolute Gasteiger partial charge is 0.239 e. The lowest BCUT2D eigenvalue weighted by molar-refractivity contribution is -0.119. The molecular weight excluding hydrogens is 286 g/mol. The molecule has 0 aromatic heterocycles. The molecule has 1 unspecified atom stereocenters. The minimum Gasteiger partial charge on any atom is -0.311 e. The van der Waals surface area contributed by atoms with Gasteiger partial charge in [-0.2, -0.15) is 0 Å². The van der Waals surface area contributed by atoms with E-state index < -0.39 is 0 Å². The zero-order valence-corrected chi connectivity index (χ0v) is 12.3. The number of hydrogen-bond donors (Lipinski definition) is 1. The second kappa shape index (κ2) is 5.77. The Morgan fingerprint density at radius 3 is 1.85 bits per heavy atom. The van der Waals surface area contributed by atoms with Gasteiger partial charge in [-0.05, 0) is 11.1 Å². The summed E-state index contributed by atoms with van der Waals surface area (Å²) in [6.45, 7) is 0. The summed E-state index contributed by atoms with van der Waals surface area (Å²) in [5.74, 6) is 0.0144. The largest absolute Gasteiger partial charge is 0.311 e. The zero-order valence-electron chi connectivity index (χ0n) is 10.7. The molecule has 1 saturated heterocycles. The third-order valence-corrected chi connectivity index (χ3v) is 4.78. The molecule has 1 heterocycles. The van der Waals surface area contributed by atoms with Gasteiger partial charge in [0, 0.05) is 5.92 Å². The summed E-state index contributed by atoms with van der Waals surface area (Å²) in [6.07, 6.45) is 0. The van der Waals surface area contributed by atoms with Crippen LogP contribution in [0.4, 0.5) is 0 Å². The van der Waals surface area contributed by atoms with E-state index in [1.165, 1.54) is 11.8 Å². The summed E-state index contributed by atoms with van der Waals surface area (Å²) in [7, 11) is 0. The van der Waals surface area contributed by atoms with Crippen LogP contribution >= 0.6 is 24.0 Å². The highest BCUT2D eigenvalue weighted by Crippen LogP contribution is 2.37. The molecular formula is C16H13NOS2. The van der Waals surface area contributed by atoms with Crippen LogP contribution in [-0.2, 0) is 4.79 Å². The second-order valence-electron chi connectivity index (χ2n) is 4.61. The first-order valence-electron chi connectivity index (χ1n) is 6.37. The number of benzene rings is 2. The first kappa shape index (κ1) is 13.3. The minimum atomic E-state index is -0.202. The summed E-state index contributed by atoms with van der Waals surface area (Å²) in [5.41, 5.74) is 2.27. The quantitative estimate of drug-likeness (QED) is 0.881. The van der Waals surface area contributed by atoms with Crippen LogP contribution < -0.4 is 5.32 Å². The van der Waals surface area contributed by atoms with E-state index in [-0.39, 0.29) is 17.1 Å². The van der Waals surface area contributed by atoms with E-state index in [0.29, 0.717) is 4.32 Å². The molecule has 20 heavy (non-hydrogen) atoms. The summed E-state index contributed by atoms with van der Waals surface area (Å²) in [4.78, 5) is 12.2. The van der Waals surface area contributed by atoms with Gasteiger partial charge in [-0.3, -0.25) is 4.79 Å². The molecule has 1 atom stereocenters. The molecule has 2 aromatic carbocycles. The molecule has 1 N–H and O–H groups in total. The van der Waals surface area contributed by atoms with Crippen LogP contribution in [0.25, 0.3) is 0 Å². The van der Waals surface area contributed by atoms with Crippen LogP contribution in [0.3, 0.4) is 0 Å². The number of amides is 1. The third-order valence-electron chi connectivity index (χ3n) is 3.34. The molecule has 0 radical (unpaired) electrons. The van der Waals surface area contributed by atoms with Crippen molar-refractivity contribution in [3.8, 4) is 0 Å². The first-order chi connectivity index (χ1) is 9.75. The normalized spacial score (nSPS) is 18.4. The fourth-order valence-electron chi connectivity index (χ4n) is 2.45. The highest BCUT2D eigenvalue weighted by atomic mass is 32.2. The fourth-order valence-corrected chi connectivity index (χ4v) is 3.87.